The van der Waals surface area contributed by atoms with E-state index in [1.165, 1.54) is 0 Å². The minimum atomic E-state index is -0.335. The molecule has 1 aromatic carbocycles. The third-order valence-corrected chi connectivity index (χ3v) is 2.91. The van der Waals surface area contributed by atoms with Gasteiger partial charge in [0.25, 0.3) is 5.69 Å². The lowest BCUT2D eigenvalue weighted by molar-refractivity contribution is -0.384. The first-order valence-corrected chi connectivity index (χ1v) is 5.17. The largest absolute Gasteiger partial charge is 0.310 e. The normalized spacial score (nSPS) is 20.5. The minimum absolute atomic E-state index is 0.185. The minimum Gasteiger partial charge on any atom is -0.310 e. The van der Waals surface area contributed by atoms with Crippen LogP contribution in [0, 0.1) is 17.0 Å². The third-order valence-electron chi connectivity index (χ3n) is 2.91. The number of rotatable bonds is 2. The highest BCUT2D eigenvalue weighted by Gasteiger charge is 2.20. The van der Waals surface area contributed by atoms with E-state index in [2.05, 4.69) is 5.32 Å². The van der Waals surface area contributed by atoms with Crippen molar-refractivity contribution < 1.29 is 4.92 Å². The molecule has 0 amide bonds. The zero-order valence-corrected chi connectivity index (χ0v) is 8.69. The molecule has 1 atom stereocenters. The number of aryl methyl sites for hydroxylation is 1. The van der Waals surface area contributed by atoms with E-state index in [1.807, 2.05) is 13.0 Å². The van der Waals surface area contributed by atoms with E-state index in [9.17, 15) is 10.1 Å². The summed E-state index contributed by atoms with van der Waals surface area (Å²) >= 11 is 0. The van der Waals surface area contributed by atoms with E-state index in [0.717, 1.165) is 30.5 Å². The van der Waals surface area contributed by atoms with Gasteiger partial charge in [-0.3, -0.25) is 10.1 Å². The molecule has 1 saturated heterocycles. The van der Waals surface area contributed by atoms with Gasteiger partial charge < -0.3 is 5.32 Å². The lowest BCUT2D eigenvalue weighted by atomic mass is 9.99. The van der Waals surface area contributed by atoms with Gasteiger partial charge in [-0.05, 0) is 37.4 Å². The average molecular weight is 206 g/mol. The van der Waals surface area contributed by atoms with Crippen molar-refractivity contribution in [3.63, 3.8) is 0 Å². The predicted octanol–water partition coefficient (Wildman–Crippen LogP) is 2.33. The van der Waals surface area contributed by atoms with Crippen LogP contribution in [0.15, 0.2) is 18.2 Å². The van der Waals surface area contributed by atoms with Crippen LogP contribution in [0.3, 0.4) is 0 Å². The molecule has 1 heterocycles. The number of hydrogen-bond acceptors (Lipinski definition) is 3. The summed E-state index contributed by atoms with van der Waals surface area (Å²) in [6.45, 7) is 3.01. The zero-order chi connectivity index (χ0) is 10.8. The van der Waals surface area contributed by atoms with Crippen molar-refractivity contribution in [1.29, 1.82) is 0 Å². The number of benzene rings is 1. The quantitative estimate of drug-likeness (QED) is 0.596. The van der Waals surface area contributed by atoms with Crippen molar-refractivity contribution >= 4 is 5.69 Å². The van der Waals surface area contributed by atoms with Gasteiger partial charge in [0.05, 0.1) is 4.92 Å². The Morgan fingerprint density at radius 2 is 2.33 bits per heavy atom. The monoisotopic (exact) mass is 206 g/mol. The summed E-state index contributed by atoms with van der Waals surface area (Å²) in [7, 11) is 0. The van der Waals surface area contributed by atoms with E-state index < -0.39 is 0 Å². The van der Waals surface area contributed by atoms with Crippen molar-refractivity contribution in [2.24, 2.45) is 0 Å². The fraction of sp³-hybridized carbons (Fsp3) is 0.455. The molecule has 1 aliphatic rings. The van der Waals surface area contributed by atoms with Gasteiger partial charge in [0.1, 0.15) is 0 Å². The molecule has 0 aromatic heterocycles. The van der Waals surface area contributed by atoms with Crippen LogP contribution in [0.4, 0.5) is 5.69 Å². The molecular formula is C11H14N2O2. The van der Waals surface area contributed by atoms with Gasteiger partial charge in [-0.2, -0.15) is 0 Å². The maximum atomic E-state index is 10.7. The van der Waals surface area contributed by atoms with Crippen molar-refractivity contribution in [3.05, 3.63) is 39.4 Å². The Morgan fingerprint density at radius 1 is 1.53 bits per heavy atom. The molecule has 0 saturated carbocycles. The Balaban J connectivity index is 2.35. The van der Waals surface area contributed by atoms with Gasteiger partial charge in [-0.15, -0.1) is 0 Å². The maximum absolute atomic E-state index is 10.7. The molecule has 1 unspecified atom stereocenters. The van der Waals surface area contributed by atoms with Gasteiger partial charge >= 0.3 is 0 Å². The molecule has 0 bridgehead atoms. The zero-order valence-electron chi connectivity index (χ0n) is 8.69. The summed E-state index contributed by atoms with van der Waals surface area (Å²) in [4.78, 5) is 10.3. The second-order valence-corrected chi connectivity index (χ2v) is 3.95. The van der Waals surface area contributed by atoms with Crippen LogP contribution in [-0.2, 0) is 0 Å². The van der Waals surface area contributed by atoms with Crippen molar-refractivity contribution in [2.75, 3.05) is 6.54 Å². The van der Waals surface area contributed by atoms with Crippen LogP contribution >= 0.6 is 0 Å². The van der Waals surface area contributed by atoms with Crippen molar-refractivity contribution in [1.82, 2.24) is 5.32 Å². The van der Waals surface area contributed by atoms with Gasteiger partial charge in [-0.1, -0.05) is 6.07 Å². The fourth-order valence-electron chi connectivity index (χ4n) is 2.07. The topological polar surface area (TPSA) is 55.2 Å². The fourth-order valence-corrected chi connectivity index (χ4v) is 2.07. The SMILES string of the molecule is Cc1ccc([N+](=O)[O-])cc1C1CCCN1. The van der Waals surface area contributed by atoms with Gasteiger partial charge in [-0.25, -0.2) is 0 Å². The van der Waals surface area contributed by atoms with Crippen LogP contribution in [0.1, 0.15) is 30.0 Å². The number of nitro groups is 1. The maximum Gasteiger partial charge on any atom is 0.269 e. The molecule has 1 N–H and O–H groups in total. The van der Waals surface area contributed by atoms with Gasteiger partial charge in [0, 0.05) is 18.2 Å². The Morgan fingerprint density at radius 3 is 2.93 bits per heavy atom. The average Bonchev–Trinajstić information content (AvgIpc) is 2.71. The van der Waals surface area contributed by atoms with Crippen molar-refractivity contribution in [3.8, 4) is 0 Å². The molecule has 0 aliphatic carbocycles. The van der Waals surface area contributed by atoms with Crippen molar-refractivity contribution in [2.45, 2.75) is 25.8 Å². The molecule has 0 spiro atoms. The standard InChI is InChI=1S/C11H14N2O2/c1-8-4-5-9(13(14)15)7-10(8)11-3-2-6-12-11/h4-5,7,11-12H,2-3,6H2,1H3. The highest BCUT2D eigenvalue weighted by Crippen LogP contribution is 2.28. The van der Waals surface area contributed by atoms with E-state index in [1.54, 1.807) is 12.1 Å². The summed E-state index contributed by atoms with van der Waals surface area (Å²) in [5.41, 5.74) is 2.38. The summed E-state index contributed by atoms with van der Waals surface area (Å²) in [5, 5.41) is 14.0. The molecule has 4 nitrogen and oxygen atoms in total. The van der Waals surface area contributed by atoms with E-state index >= 15 is 0 Å². The third kappa shape index (κ3) is 1.99. The van der Waals surface area contributed by atoms with Gasteiger partial charge in [0.2, 0.25) is 0 Å². The molecule has 0 radical (unpaired) electrons. The highest BCUT2D eigenvalue weighted by atomic mass is 16.6. The number of hydrogen-bond donors (Lipinski definition) is 1. The smallest absolute Gasteiger partial charge is 0.269 e. The lowest BCUT2D eigenvalue weighted by Crippen LogP contribution is -2.14. The Labute approximate surface area is 88.5 Å². The predicted molar refractivity (Wildman–Crippen MR) is 57.8 cm³/mol. The van der Waals surface area contributed by atoms with Crippen LogP contribution in [0.5, 0.6) is 0 Å². The molecular weight excluding hydrogens is 192 g/mol. The Hall–Kier alpha value is -1.42. The van der Waals surface area contributed by atoms with Crippen LogP contribution in [0.2, 0.25) is 0 Å². The summed E-state index contributed by atoms with van der Waals surface area (Å²) < 4.78 is 0. The van der Waals surface area contributed by atoms with E-state index in [0.29, 0.717) is 6.04 Å². The van der Waals surface area contributed by atoms with E-state index in [4.69, 9.17) is 0 Å². The highest BCUT2D eigenvalue weighted by molar-refractivity contribution is 5.41. The first-order valence-electron chi connectivity index (χ1n) is 5.17. The number of nitro benzene ring substituents is 1. The first kappa shape index (κ1) is 10.1. The van der Waals surface area contributed by atoms with Crippen LogP contribution in [-0.4, -0.2) is 11.5 Å². The molecule has 80 valence electrons. The lowest BCUT2D eigenvalue weighted by Gasteiger charge is -2.13. The second-order valence-electron chi connectivity index (χ2n) is 3.95. The number of nitrogens with zero attached hydrogens (tertiary/aromatic N) is 1. The molecule has 15 heavy (non-hydrogen) atoms. The summed E-state index contributed by atoms with van der Waals surface area (Å²) in [5.74, 6) is 0. The summed E-state index contributed by atoms with van der Waals surface area (Å²) in [6, 6.07) is 5.38. The van der Waals surface area contributed by atoms with Crippen LogP contribution in [0.25, 0.3) is 0 Å². The Bertz CT molecular complexity index is 384. The molecule has 2 rings (SSSR count). The van der Waals surface area contributed by atoms with E-state index in [-0.39, 0.29) is 10.6 Å². The molecule has 1 fully saturated rings. The second kappa shape index (κ2) is 3.98. The molecule has 1 aliphatic heterocycles. The first-order chi connectivity index (χ1) is 7.18. The molecule has 4 heteroatoms. The number of nitrogens with one attached hydrogen (secondary N) is 1. The molecule has 1 aromatic rings. The summed E-state index contributed by atoms with van der Waals surface area (Å²) in [6.07, 6.45) is 2.22. The van der Waals surface area contributed by atoms with Crippen LogP contribution < -0.4 is 5.32 Å². The Kier molecular flexibility index (Phi) is 2.68. The number of non-ortho nitro benzene ring substituents is 1. The van der Waals surface area contributed by atoms with Gasteiger partial charge in [0.15, 0.2) is 0 Å².